The van der Waals surface area contributed by atoms with Crippen LogP contribution < -0.4 is 69.3 Å². The maximum absolute atomic E-state index is 12.1. The monoisotopic (exact) mass is 529 g/mol. The van der Waals surface area contributed by atoms with Crippen LogP contribution in [0.1, 0.15) is 0 Å². The summed E-state index contributed by atoms with van der Waals surface area (Å²) in [6.07, 6.45) is 0. The van der Waals surface area contributed by atoms with E-state index in [0.717, 1.165) is 36.4 Å². The topological polar surface area (TPSA) is 185 Å². The summed E-state index contributed by atoms with van der Waals surface area (Å²) in [6.45, 7) is 0. The van der Waals surface area contributed by atoms with Crippen molar-refractivity contribution in [3.05, 3.63) is 48.5 Å². The van der Waals surface area contributed by atoms with Gasteiger partial charge in [0.2, 0.25) is 0 Å². The van der Waals surface area contributed by atoms with E-state index in [4.69, 9.17) is 0 Å². The zero-order valence-electron chi connectivity index (χ0n) is 15.9. The number of fused-ring (bicyclic) bond motifs is 1. The van der Waals surface area contributed by atoms with Crippen LogP contribution in [-0.2, 0) is 37.3 Å². The van der Waals surface area contributed by atoms with Crippen molar-refractivity contribution in [2.24, 2.45) is 10.2 Å². The van der Waals surface area contributed by atoms with Crippen molar-refractivity contribution in [3.63, 3.8) is 0 Å². The Bertz CT molecular complexity index is 1350. The van der Waals surface area contributed by atoms with Crippen molar-refractivity contribution in [2.45, 2.75) is 9.79 Å². The third-order valence-corrected chi connectivity index (χ3v) is 5.35. The van der Waals surface area contributed by atoms with E-state index in [2.05, 4.69) is 10.2 Å². The SMILES string of the molecule is O=S(=O)([O-])c1ccc([O-])c(N=Nc2c([O-])ccc3cc(S(=O)(=O)[O-])ccc23)c1.[Cu].[Na+].[Na+]. The maximum atomic E-state index is 12.1. The molecule has 3 aromatic carbocycles. The van der Waals surface area contributed by atoms with E-state index in [0.29, 0.717) is 0 Å². The summed E-state index contributed by atoms with van der Waals surface area (Å²) in [5.74, 6) is -1.35. The molecule has 0 saturated heterocycles. The van der Waals surface area contributed by atoms with E-state index in [1.807, 2.05) is 0 Å². The Morgan fingerprint density at radius 2 is 1.19 bits per heavy atom. The molecule has 0 saturated carbocycles. The molecule has 157 valence electrons. The Balaban J connectivity index is 0.00000300. The molecule has 3 aromatic rings. The molecule has 0 aliphatic rings. The molecule has 0 aliphatic carbocycles. The first-order valence-electron chi connectivity index (χ1n) is 7.35. The Morgan fingerprint density at radius 3 is 1.77 bits per heavy atom. The van der Waals surface area contributed by atoms with Crippen LogP contribution in [0.25, 0.3) is 10.8 Å². The van der Waals surface area contributed by atoms with Gasteiger partial charge in [-0.05, 0) is 29.7 Å². The number of hydrogen-bond donors (Lipinski definition) is 0. The van der Waals surface area contributed by atoms with Gasteiger partial charge in [0.25, 0.3) is 0 Å². The van der Waals surface area contributed by atoms with Gasteiger partial charge in [-0.25, -0.2) is 16.8 Å². The molecule has 0 amide bonds. The fourth-order valence-electron chi connectivity index (χ4n) is 2.36. The standard InChI is InChI=1S/C16H12N2O8S2.Cu.2Na/c19-14-6-3-11(28(24,25)26)8-13(14)17-18-16-12-4-2-10(27(21,22)23)7-9(12)1-5-15(16)20;;;/h1-8,19-20H,(H,21,22,23)(H,24,25,26);;;/q;;2*+1/p-4. The zero-order valence-corrected chi connectivity index (χ0v) is 22.5. The molecule has 0 atom stereocenters. The largest absolute Gasteiger partial charge is 1.00 e. The van der Waals surface area contributed by atoms with Gasteiger partial charge in [0, 0.05) is 22.5 Å². The molecule has 0 N–H and O–H groups in total. The molecule has 3 rings (SSSR count). The summed E-state index contributed by atoms with van der Waals surface area (Å²) in [7, 11) is -9.53. The van der Waals surface area contributed by atoms with Gasteiger partial charge in [0.05, 0.1) is 21.2 Å². The molecular weight excluding hydrogens is 522 g/mol. The number of rotatable bonds is 4. The number of nitrogens with zero attached hydrogens (tertiary/aromatic N) is 2. The van der Waals surface area contributed by atoms with Gasteiger partial charge in [0.1, 0.15) is 20.2 Å². The predicted molar refractivity (Wildman–Crippen MR) is 89.4 cm³/mol. The molecule has 0 fully saturated rings. The second-order valence-electron chi connectivity index (χ2n) is 5.53. The van der Waals surface area contributed by atoms with Crippen LogP contribution in [0.4, 0.5) is 11.4 Å². The molecule has 1 radical (unpaired) electrons. The fraction of sp³-hybridized carbons (Fsp3) is 0. The first-order chi connectivity index (χ1) is 13.0. The Hall–Kier alpha value is -0.541. The van der Waals surface area contributed by atoms with Gasteiger partial charge in [-0.1, -0.05) is 35.8 Å². The van der Waals surface area contributed by atoms with Gasteiger partial charge < -0.3 is 19.3 Å². The molecule has 0 unspecified atom stereocenters. The van der Waals surface area contributed by atoms with Gasteiger partial charge in [-0.2, -0.15) is 10.2 Å². The predicted octanol–water partition coefficient (Wildman–Crippen LogP) is -4.78. The summed E-state index contributed by atoms with van der Waals surface area (Å²) in [5.41, 5.74) is -0.741. The molecule has 10 nitrogen and oxygen atoms in total. The summed E-state index contributed by atoms with van der Waals surface area (Å²) >= 11 is 0. The van der Waals surface area contributed by atoms with Crippen molar-refractivity contribution in [2.75, 3.05) is 0 Å². The maximum Gasteiger partial charge on any atom is 1.00 e. The zero-order chi connectivity index (χ0) is 20.7. The molecule has 0 aliphatic heterocycles. The first-order valence-corrected chi connectivity index (χ1v) is 10.2. The molecule has 0 bridgehead atoms. The Labute approximate surface area is 232 Å². The normalized spacial score (nSPS) is 11.4. The summed E-state index contributed by atoms with van der Waals surface area (Å²) in [6, 6.07) is 7.96. The van der Waals surface area contributed by atoms with Crippen molar-refractivity contribution >= 4 is 42.4 Å². The van der Waals surface area contributed by atoms with E-state index in [1.165, 1.54) is 12.1 Å². The van der Waals surface area contributed by atoms with Crippen molar-refractivity contribution < 1.29 is 112 Å². The van der Waals surface area contributed by atoms with E-state index < -0.39 is 47.2 Å². The van der Waals surface area contributed by atoms with E-state index in [-0.39, 0.29) is 92.6 Å². The summed E-state index contributed by atoms with van der Waals surface area (Å²) < 4.78 is 66.5. The summed E-state index contributed by atoms with van der Waals surface area (Å²) in [4.78, 5) is -1.19. The number of azo groups is 1. The first kappa shape index (κ1) is 30.5. The summed E-state index contributed by atoms with van der Waals surface area (Å²) in [5, 5.41) is 31.5. The van der Waals surface area contributed by atoms with Crippen LogP contribution in [0.5, 0.6) is 11.5 Å². The van der Waals surface area contributed by atoms with Gasteiger partial charge in [-0.3, -0.25) is 0 Å². The Morgan fingerprint density at radius 1 is 0.677 bits per heavy atom. The van der Waals surface area contributed by atoms with Crippen LogP contribution in [-0.4, -0.2) is 25.9 Å². The third-order valence-electron chi connectivity index (χ3n) is 3.69. The molecule has 0 aromatic heterocycles. The van der Waals surface area contributed by atoms with Gasteiger partial charge in [0.15, 0.2) is 0 Å². The van der Waals surface area contributed by atoms with Crippen molar-refractivity contribution in [1.29, 1.82) is 0 Å². The molecule has 0 heterocycles. The smallest absolute Gasteiger partial charge is 0.871 e. The van der Waals surface area contributed by atoms with Crippen LogP contribution in [0.3, 0.4) is 0 Å². The van der Waals surface area contributed by atoms with E-state index in [1.54, 1.807) is 0 Å². The quantitative estimate of drug-likeness (QED) is 0.183. The van der Waals surface area contributed by atoms with Gasteiger partial charge in [-0.15, -0.1) is 0 Å². The number of benzene rings is 3. The molecule has 0 spiro atoms. The average molecular weight is 530 g/mol. The average Bonchev–Trinajstić information content (AvgIpc) is 2.60. The van der Waals surface area contributed by atoms with Crippen molar-refractivity contribution in [1.82, 2.24) is 0 Å². The van der Waals surface area contributed by atoms with Crippen LogP contribution >= 0.6 is 0 Å². The second kappa shape index (κ2) is 11.5. The molecule has 15 heteroatoms. The van der Waals surface area contributed by atoms with Crippen molar-refractivity contribution in [3.8, 4) is 11.5 Å². The second-order valence-corrected chi connectivity index (χ2v) is 8.29. The Kier molecular flexibility index (Phi) is 11.3. The van der Waals surface area contributed by atoms with Gasteiger partial charge >= 0.3 is 59.1 Å². The molecular formula is C16H8CuN2Na2O8S2-2. The van der Waals surface area contributed by atoms with E-state index >= 15 is 0 Å². The minimum atomic E-state index is -4.83. The minimum absolute atomic E-state index is 0. The number of hydrogen-bond acceptors (Lipinski definition) is 10. The minimum Gasteiger partial charge on any atom is -0.871 e. The molecule has 31 heavy (non-hydrogen) atoms. The van der Waals surface area contributed by atoms with Crippen LogP contribution in [0, 0.1) is 0 Å². The van der Waals surface area contributed by atoms with Crippen LogP contribution in [0.15, 0.2) is 68.6 Å². The fourth-order valence-corrected chi connectivity index (χ4v) is 3.36. The third kappa shape index (κ3) is 7.22. The van der Waals surface area contributed by atoms with E-state index in [9.17, 15) is 36.2 Å². The van der Waals surface area contributed by atoms with Crippen LogP contribution in [0.2, 0.25) is 0 Å².